The summed E-state index contributed by atoms with van der Waals surface area (Å²) in [6.45, 7) is 5.11. The smallest absolute Gasteiger partial charge is 0.262 e. The molecule has 9 nitrogen and oxygen atoms in total. The number of rotatable bonds is 7. The van der Waals surface area contributed by atoms with Gasteiger partial charge in [-0.2, -0.15) is 4.31 Å². The number of carbonyl (C=O) groups excluding carboxylic acids is 1. The standard InChI is InChI=1S/C15H22N6O3S3/c1-3-20-9-12(16-10-20)27(23,24)21-7-5-6-11(8-21)13(22)17-14-18-19-15(26-14)25-4-2/h9-11H,3-8H2,1-2H3,(H,17,18,22)/t11-/m1/s1. The Bertz CT molecular complexity index is 894. The Labute approximate surface area is 166 Å². The molecule has 0 radical (unpaired) electrons. The van der Waals surface area contributed by atoms with Crippen LogP contribution < -0.4 is 5.32 Å². The predicted molar refractivity (Wildman–Crippen MR) is 104 cm³/mol. The lowest BCUT2D eigenvalue weighted by molar-refractivity contribution is -0.120. The van der Waals surface area contributed by atoms with Crippen LogP contribution >= 0.6 is 23.1 Å². The zero-order valence-corrected chi connectivity index (χ0v) is 17.6. The summed E-state index contributed by atoms with van der Waals surface area (Å²) in [6, 6.07) is 0. The van der Waals surface area contributed by atoms with Gasteiger partial charge in [0.25, 0.3) is 10.0 Å². The van der Waals surface area contributed by atoms with Crippen molar-refractivity contribution >= 4 is 44.2 Å². The number of sulfonamides is 1. The third-order valence-electron chi connectivity index (χ3n) is 4.24. The van der Waals surface area contributed by atoms with Gasteiger partial charge in [-0.05, 0) is 25.5 Å². The molecule has 148 valence electrons. The van der Waals surface area contributed by atoms with Crippen LogP contribution in [-0.4, -0.2) is 57.2 Å². The highest BCUT2D eigenvalue weighted by atomic mass is 32.2. The molecular weight excluding hydrogens is 408 g/mol. The van der Waals surface area contributed by atoms with Crippen molar-refractivity contribution in [3.63, 3.8) is 0 Å². The van der Waals surface area contributed by atoms with Crippen LogP contribution in [0.3, 0.4) is 0 Å². The number of imidazole rings is 1. The van der Waals surface area contributed by atoms with Crippen LogP contribution in [0.5, 0.6) is 0 Å². The fourth-order valence-corrected chi connectivity index (χ4v) is 5.91. The monoisotopic (exact) mass is 430 g/mol. The maximum absolute atomic E-state index is 12.8. The van der Waals surface area contributed by atoms with E-state index in [1.807, 2.05) is 13.8 Å². The first-order valence-corrected chi connectivity index (χ1v) is 12.0. The lowest BCUT2D eigenvalue weighted by Crippen LogP contribution is -2.43. The molecule has 1 atom stereocenters. The van der Waals surface area contributed by atoms with E-state index in [1.165, 1.54) is 28.2 Å². The average Bonchev–Trinajstić information content (AvgIpc) is 3.32. The Kier molecular flexibility index (Phi) is 6.50. The van der Waals surface area contributed by atoms with Crippen molar-refractivity contribution in [2.45, 2.75) is 42.6 Å². The van der Waals surface area contributed by atoms with Crippen LogP contribution in [-0.2, 0) is 21.4 Å². The molecule has 0 spiro atoms. The van der Waals surface area contributed by atoms with Gasteiger partial charge in [0, 0.05) is 25.8 Å². The number of aromatic nitrogens is 4. The maximum atomic E-state index is 12.8. The van der Waals surface area contributed by atoms with E-state index in [4.69, 9.17) is 0 Å². The number of aryl methyl sites for hydroxylation is 1. The van der Waals surface area contributed by atoms with Gasteiger partial charge in [0.15, 0.2) is 9.37 Å². The molecule has 27 heavy (non-hydrogen) atoms. The van der Waals surface area contributed by atoms with E-state index in [0.717, 1.165) is 10.1 Å². The zero-order valence-electron chi connectivity index (χ0n) is 15.2. The molecule has 2 aromatic rings. The second kappa shape index (κ2) is 8.67. The van der Waals surface area contributed by atoms with E-state index in [9.17, 15) is 13.2 Å². The number of hydrogen-bond donors (Lipinski definition) is 1. The Morgan fingerprint density at radius 3 is 2.93 bits per heavy atom. The normalized spacial score (nSPS) is 18.5. The number of carbonyl (C=O) groups is 1. The zero-order chi connectivity index (χ0) is 19.4. The number of amides is 1. The van der Waals surface area contributed by atoms with Gasteiger partial charge >= 0.3 is 0 Å². The van der Waals surface area contributed by atoms with Crippen LogP contribution in [0.25, 0.3) is 0 Å². The molecule has 1 N–H and O–H groups in total. The van der Waals surface area contributed by atoms with Crippen LogP contribution in [0.4, 0.5) is 5.13 Å². The Hall–Kier alpha value is -1.50. The number of anilines is 1. The van der Waals surface area contributed by atoms with Crippen molar-refractivity contribution in [2.75, 3.05) is 24.2 Å². The number of nitrogens with zero attached hydrogens (tertiary/aromatic N) is 5. The van der Waals surface area contributed by atoms with Crippen molar-refractivity contribution in [2.24, 2.45) is 5.92 Å². The molecule has 0 saturated carbocycles. The van der Waals surface area contributed by atoms with Gasteiger partial charge in [-0.3, -0.25) is 4.79 Å². The van der Waals surface area contributed by atoms with Gasteiger partial charge in [0.2, 0.25) is 11.0 Å². The number of nitrogens with one attached hydrogen (secondary N) is 1. The molecule has 1 aliphatic rings. The predicted octanol–water partition coefficient (Wildman–Crippen LogP) is 1.91. The van der Waals surface area contributed by atoms with Crippen molar-refractivity contribution in [3.8, 4) is 0 Å². The molecule has 1 fully saturated rings. The number of hydrogen-bond acceptors (Lipinski definition) is 8. The fraction of sp³-hybridized carbons (Fsp3) is 0.600. The summed E-state index contributed by atoms with van der Waals surface area (Å²) in [5.41, 5.74) is 0. The molecule has 3 heterocycles. The summed E-state index contributed by atoms with van der Waals surface area (Å²) in [5.74, 6) is 0.234. The quantitative estimate of drug-likeness (QED) is 0.528. The molecule has 0 unspecified atom stereocenters. The summed E-state index contributed by atoms with van der Waals surface area (Å²) in [6.07, 6.45) is 4.28. The first-order chi connectivity index (χ1) is 12.9. The molecule has 12 heteroatoms. The van der Waals surface area contributed by atoms with Crippen molar-refractivity contribution in [1.29, 1.82) is 0 Å². The summed E-state index contributed by atoms with van der Waals surface area (Å²) in [7, 11) is -3.70. The van der Waals surface area contributed by atoms with E-state index in [0.29, 0.717) is 31.1 Å². The lowest BCUT2D eigenvalue weighted by Gasteiger charge is -2.30. The molecular formula is C15H22N6O3S3. The average molecular weight is 431 g/mol. The third kappa shape index (κ3) is 4.68. The van der Waals surface area contributed by atoms with Gasteiger partial charge in [0.05, 0.1) is 12.2 Å². The van der Waals surface area contributed by atoms with Gasteiger partial charge < -0.3 is 9.88 Å². The molecule has 1 saturated heterocycles. The highest BCUT2D eigenvalue weighted by Gasteiger charge is 2.34. The topological polar surface area (TPSA) is 110 Å². The van der Waals surface area contributed by atoms with E-state index in [2.05, 4.69) is 20.5 Å². The molecule has 1 amide bonds. The molecule has 0 bridgehead atoms. The summed E-state index contributed by atoms with van der Waals surface area (Å²) < 4.78 is 29.5. The van der Waals surface area contributed by atoms with Crippen LogP contribution in [0, 0.1) is 5.92 Å². The first-order valence-electron chi connectivity index (χ1n) is 8.73. The van der Waals surface area contributed by atoms with E-state index >= 15 is 0 Å². The Morgan fingerprint density at radius 1 is 1.41 bits per heavy atom. The van der Waals surface area contributed by atoms with E-state index in [-0.39, 0.29) is 17.5 Å². The van der Waals surface area contributed by atoms with Crippen molar-refractivity contribution < 1.29 is 13.2 Å². The molecule has 0 aliphatic carbocycles. The summed E-state index contributed by atoms with van der Waals surface area (Å²) >= 11 is 2.88. The molecule has 1 aliphatic heterocycles. The second-order valence-corrected chi connectivity index (χ2v) is 10.4. The van der Waals surface area contributed by atoms with Crippen LogP contribution in [0.1, 0.15) is 26.7 Å². The maximum Gasteiger partial charge on any atom is 0.262 e. The van der Waals surface area contributed by atoms with E-state index in [1.54, 1.807) is 16.3 Å². The first kappa shape index (κ1) is 20.2. The Balaban J connectivity index is 1.66. The summed E-state index contributed by atoms with van der Waals surface area (Å²) in [5, 5.41) is 11.2. The second-order valence-electron chi connectivity index (χ2n) is 6.04. The number of thioether (sulfide) groups is 1. The summed E-state index contributed by atoms with van der Waals surface area (Å²) in [4.78, 5) is 16.6. The minimum Gasteiger partial charge on any atom is -0.336 e. The highest BCUT2D eigenvalue weighted by molar-refractivity contribution is 8.01. The fourth-order valence-electron chi connectivity index (χ4n) is 2.80. The van der Waals surface area contributed by atoms with E-state index < -0.39 is 15.9 Å². The van der Waals surface area contributed by atoms with Crippen molar-refractivity contribution in [3.05, 3.63) is 12.5 Å². The largest absolute Gasteiger partial charge is 0.336 e. The third-order valence-corrected chi connectivity index (χ3v) is 7.84. The molecule has 3 rings (SSSR count). The Morgan fingerprint density at radius 2 is 2.22 bits per heavy atom. The van der Waals surface area contributed by atoms with Crippen molar-refractivity contribution in [1.82, 2.24) is 24.1 Å². The van der Waals surface area contributed by atoms with Gasteiger partial charge in [0.1, 0.15) is 0 Å². The van der Waals surface area contributed by atoms with Gasteiger partial charge in [-0.15, -0.1) is 10.2 Å². The lowest BCUT2D eigenvalue weighted by atomic mass is 9.99. The SMILES string of the molecule is CCSc1nnc(NC(=O)[C@@H]2CCCN(S(=O)(=O)c3cn(CC)cn3)C2)s1. The van der Waals surface area contributed by atoms with Gasteiger partial charge in [-0.25, -0.2) is 13.4 Å². The highest BCUT2D eigenvalue weighted by Crippen LogP contribution is 2.27. The van der Waals surface area contributed by atoms with Crippen LogP contribution in [0.15, 0.2) is 21.9 Å². The minimum atomic E-state index is -3.70. The molecule has 2 aromatic heterocycles. The minimum absolute atomic E-state index is 0.0239. The van der Waals surface area contributed by atoms with Crippen LogP contribution in [0.2, 0.25) is 0 Å². The van der Waals surface area contributed by atoms with Gasteiger partial charge in [-0.1, -0.05) is 30.0 Å². The molecule has 0 aromatic carbocycles. The number of piperidine rings is 1.